The number of carbonyl (C=O) groups is 2. The summed E-state index contributed by atoms with van der Waals surface area (Å²) in [5, 5.41) is 2.71. The van der Waals surface area contributed by atoms with Crippen molar-refractivity contribution in [2.24, 2.45) is 0 Å². The first-order valence-electron chi connectivity index (χ1n) is 5.78. The zero-order chi connectivity index (χ0) is 13.0. The van der Waals surface area contributed by atoms with Crippen molar-refractivity contribution in [2.75, 3.05) is 20.3 Å². The zero-order valence-electron chi connectivity index (χ0n) is 10.1. The topological polar surface area (TPSA) is 64.6 Å². The van der Waals surface area contributed by atoms with Crippen molar-refractivity contribution in [3.8, 4) is 5.75 Å². The van der Waals surface area contributed by atoms with Crippen molar-refractivity contribution >= 4 is 11.9 Å². The van der Waals surface area contributed by atoms with Gasteiger partial charge in [-0.25, -0.2) is 0 Å². The van der Waals surface area contributed by atoms with Crippen LogP contribution in [-0.4, -0.2) is 32.1 Å². The lowest BCUT2D eigenvalue weighted by molar-refractivity contribution is -0.140. The molecule has 0 spiro atoms. The van der Waals surface area contributed by atoms with Gasteiger partial charge < -0.3 is 14.8 Å². The molecule has 5 nitrogen and oxygen atoms in total. The molecular weight excluding hydrogens is 234 g/mol. The van der Waals surface area contributed by atoms with Crippen molar-refractivity contribution in [3.63, 3.8) is 0 Å². The number of hydrogen-bond donors (Lipinski definition) is 1. The van der Waals surface area contributed by atoms with Crippen LogP contribution in [0.25, 0.3) is 0 Å². The van der Waals surface area contributed by atoms with Gasteiger partial charge in [-0.3, -0.25) is 9.59 Å². The molecule has 0 aromatic heterocycles. The molecule has 1 N–H and O–H groups in total. The molecular formula is C13H15NO4. The molecule has 96 valence electrons. The van der Waals surface area contributed by atoms with Crippen LogP contribution in [0.2, 0.25) is 0 Å². The highest BCUT2D eigenvalue weighted by Gasteiger charge is 2.29. The van der Waals surface area contributed by atoms with Crippen molar-refractivity contribution in [3.05, 3.63) is 29.8 Å². The fraction of sp³-hybridized carbons (Fsp3) is 0.385. The SMILES string of the molecule is COC(=O)CCNC(=O)C1COc2ccccc21. The van der Waals surface area contributed by atoms with Gasteiger partial charge in [-0.2, -0.15) is 0 Å². The van der Waals surface area contributed by atoms with Crippen molar-refractivity contribution < 1.29 is 19.1 Å². The number of amides is 1. The summed E-state index contributed by atoms with van der Waals surface area (Å²) >= 11 is 0. The van der Waals surface area contributed by atoms with Gasteiger partial charge in [0.05, 0.1) is 13.5 Å². The Kier molecular flexibility index (Phi) is 3.82. The van der Waals surface area contributed by atoms with E-state index in [4.69, 9.17) is 4.74 Å². The number of hydrogen-bond acceptors (Lipinski definition) is 4. The third kappa shape index (κ3) is 2.61. The van der Waals surface area contributed by atoms with E-state index in [9.17, 15) is 9.59 Å². The summed E-state index contributed by atoms with van der Waals surface area (Å²) in [5.41, 5.74) is 0.896. The standard InChI is InChI=1S/C13H15NO4/c1-17-12(15)6-7-14-13(16)10-8-18-11-5-3-2-4-9(10)11/h2-5,10H,6-8H2,1H3,(H,14,16). The quantitative estimate of drug-likeness (QED) is 0.803. The predicted octanol–water partition coefficient (Wildman–Crippen LogP) is 0.842. The molecule has 5 heteroatoms. The molecule has 18 heavy (non-hydrogen) atoms. The molecule has 1 aliphatic heterocycles. The summed E-state index contributed by atoms with van der Waals surface area (Å²) in [6.45, 7) is 0.633. The van der Waals surface area contributed by atoms with Crippen LogP contribution >= 0.6 is 0 Å². The molecule has 1 aromatic rings. The van der Waals surface area contributed by atoms with Crippen LogP contribution in [0.3, 0.4) is 0 Å². The Labute approximate surface area is 105 Å². The minimum atomic E-state index is -0.335. The Hall–Kier alpha value is -2.04. The summed E-state index contributed by atoms with van der Waals surface area (Å²) in [4.78, 5) is 22.8. The van der Waals surface area contributed by atoms with E-state index < -0.39 is 0 Å². The molecule has 0 fully saturated rings. The number of fused-ring (bicyclic) bond motifs is 1. The average molecular weight is 249 g/mol. The van der Waals surface area contributed by atoms with Gasteiger partial charge in [0.2, 0.25) is 5.91 Å². The van der Waals surface area contributed by atoms with Gasteiger partial charge in [-0.1, -0.05) is 18.2 Å². The largest absolute Gasteiger partial charge is 0.492 e. The second kappa shape index (κ2) is 5.53. The second-order valence-corrected chi connectivity index (χ2v) is 4.02. The van der Waals surface area contributed by atoms with Crippen LogP contribution in [0.4, 0.5) is 0 Å². The van der Waals surface area contributed by atoms with Gasteiger partial charge in [0, 0.05) is 12.1 Å². The van der Waals surface area contributed by atoms with E-state index >= 15 is 0 Å². The number of para-hydroxylation sites is 1. The van der Waals surface area contributed by atoms with Gasteiger partial charge in [0.1, 0.15) is 18.3 Å². The minimum absolute atomic E-state index is 0.121. The summed E-state index contributed by atoms with van der Waals surface area (Å²) in [6.07, 6.45) is 0.178. The maximum atomic E-state index is 11.9. The second-order valence-electron chi connectivity index (χ2n) is 4.02. The first kappa shape index (κ1) is 12.4. The van der Waals surface area contributed by atoms with Crippen LogP contribution < -0.4 is 10.1 Å². The Morgan fingerprint density at radius 2 is 2.22 bits per heavy atom. The highest BCUT2D eigenvalue weighted by molar-refractivity contribution is 5.85. The first-order chi connectivity index (χ1) is 8.72. The summed E-state index contributed by atoms with van der Waals surface area (Å²) in [5.74, 6) is 0.00619. The zero-order valence-corrected chi connectivity index (χ0v) is 10.1. The highest BCUT2D eigenvalue weighted by Crippen LogP contribution is 2.33. The Bertz CT molecular complexity index is 458. The van der Waals surface area contributed by atoms with Crippen LogP contribution in [0.1, 0.15) is 17.9 Å². The Balaban J connectivity index is 1.90. The van der Waals surface area contributed by atoms with Crippen LogP contribution in [-0.2, 0) is 14.3 Å². The molecule has 1 aromatic carbocycles. The summed E-state index contributed by atoms with van der Waals surface area (Å²) in [6, 6.07) is 7.47. The predicted molar refractivity (Wildman–Crippen MR) is 64.3 cm³/mol. The number of ether oxygens (including phenoxy) is 2. The molecule has 0 aliphatic carbocycles. The van der Waals surface area contributed by atoms with E-state index in [1.807, 2.05) is 24.3 Å². The van der Waals surface area contributed by atoms with Crippen LogP contribution in [0, 0.1) is 0 Å². The van der Waals surface area contributed by atoms with E-state index in [-0.39, 0.29) is 30.8 Å². The molecule has 1 amide bonds. The number of rotatable bonds is 4. The summed E-state index contributed by atoms with van der Waals surface area (Å²) < 4.78 is 9.93. The van der Waals surface area contributed by atoms with E-state index in [1.54, 1.807) is 0 Å². The van der Waals surface area contributed by atoms with Gasteiger partial charge >= 0.3 is 5.97 Å². The molecule has 0 saturated heterocycles. The van der Waals surface area contributed by atoms with Gasteiger partial charge in [-0.05, 0) is 6.07 Å². The van der Waals surface area contributed by atoms with Gasteiger partial charge in [-0.15, -0.1) is 0 Å². The molecule has 1 atom stereocenters. The number of methoxy groups -OCH3 is 1. The third-order valence-electron chi connectivity index (χ3n) is 2.87. The van der Waals surface area contributed by atoms with Crippen LogP contribution in [0.5, 0.6) is 5.75 Å². The van der Waals surface area contributed by atoms with E-state index in [0.717, 1.165) is 11.3 Å². The highest BCUT2D eigenvalue weighted by atomic mass is 16.5. The lowest BCUT2D eigenvalue weighted by atomic mass is 10.0. The van der Waals surface area contributed by atoms with Crippen molar-refractivity contribution in [1.82, 2.24) is 5.32 Å². The number of carbonyl (C=O) groups excluding carboxylic acids is 2. The number of nitrogens with one attached hydrogen (secondary N) is 1. The molecule has 1 aliphatic rings. The van der Waals surface area contributed by atoms with Gasteiger partial charge in [0.15, 0.2) is 0 Å². The van der Waals surface area contributed by atoms with Crippen LogP contribution in [0.15, 0.2) is 24.3 Å². The monoisotopic (exact) mass is 249 g/mol. The Morgan fingerprint density at radius 3 is 3.00 bits per heavy atom. The molecule has 0 bridgehead atoms. The maximum absolute atomic E-state index is 11.9. The van der Waals surface area contributed by atoms with E-state index in [1.165, 1.54) is 7.11 Å². The van der Waals surface area contributed by atoms with Gasteiger partial charge in [0.25, 0.3) is 0 Å². The molecule has 0 radical (unpaired) electrons. The molecule has 2 rings (SSSR count). The lowest BCUT2D eigenvalue weighted by Crippen LogP contribution is -2.32. The first-order valence-corrected chi connectivity index (χ1v) is 5.78. The van der Waals surface area contributed by atoms with Crippen molar-refractivity contribution in [2.45, 2.75) is 12.3 Å². The molecule has 0 saturated carbocycles. The lowest BCUT2D eigenvalue weighted by Gasteiger charge is -2.09. The fourth-order valence-electron chi connectivity index (χ4n) is 1.89. The molecule has 1 unspecified atom stereocenters. The van der Waals surface area contributed by atoms with Crippen molar-refractivity contribution in [1.29, 1.82) is 0 Å². The van der Waals surface area contributed by atoms with E-state index in [2.05, 4.69) is 10.1 Å². The smallest absolute Gasteiger partial charge is 0.307 e. The Morgan fingerprint density at radius 1 is 1.44 bits per heavy atom. The maximum Gasteiger partial charge on any atom is 0.307 e. The number of esters is 1. The normalized spacial score (nSPS) is 16.6. The summed E-state index contributed by atoms with van der Waals surface area (Å²) in [7, 11) is 1.32. The molecule has 1 heterocycles. The third-order valence-corrected chi connectivity index (χ3v) is 2.87. The fourth-order valence-corrected chi connectivity index (χ4v) is 1.89. The van der Waals surface area contributed by atoms with E-state index in [0.29, 0.717) is 6.61 Å². The number of benzene rings is 1. The minimum Gasteiger partial charge on any atom is -0.492 e. The average Bonchev–Trinajstić information content (AvgIpc) is 2.82.